The number of carbonyl (C=O) groups excluding carboxylic acids is 1. The van der Waals surface area contributed by atoms with Gasteiger partial charge < -0.3 is 20.3 Å². The van der Waals surface area contributed by atoms with Crippen molar-refractivity contribution < 1.29 is 4.79 Å². The zero-order chi connectivity index (χ0) is 15.4. The molecule has 1 aromatic carbocycles. The third-order valence-electron chi connectivity index (χ3n) is 2.76. The summed E-state index contributed by atoms with van der Waals surface area (Å²) in [7, 11) is 2.17. The van der Waals surface area contributed by atoms with Crippen molar-refractivity contribution in [3.05, 3.63) is 24.3 Å². The normalized spacial score (nSPS) is 14.5. The number of benzene rings is 1. The van der Waals surface area contributed by atoms with Gasteiger partial charge in [-0.15, -0.1) is 0 Å². The summed E-state index contributed by atoms with van der Waals surface area (Å²) in [6.45, 7) is 10.2. The van der Waals surface area contributed by atoms with Gasteiger partial charge in [0, 0.05) is 37.6 Å². The first kappa shape index (κ1) is 18.4. The Morgan fingerprint density at radius 1 is 1.10 bits per heavy atom. The van der Waals surface area contributed by atoms with Crippen molar-refractivity contribution in [3.63, 3.8) is 0 Å². The lowest BCUT2D eigenvalue weighted by atomic mass is 10.2. The van der Waals surface area contributed by atoms with Crippen molar-refractivity contribution in [2.45, 2.75) is 27.2 Å². The molecular weight excluding hydrogens is 250 g/mol. The molecule has 0 atom stereocenters. The predicted molar refractivity (Wildman–Crippen MR) is 88.3 cm³/mol. The quantitative estimate of drug-likeness (QED) is 0.634. The van der Waals surface area contributed by atoms with Gasteiger partial charge in [0.15, 0.2) is 0 Å². The van der Waals surface area contributed by atoms with Gasteiger partial charge in [-0.3, -0.25) is 0 Å². The minimum atomic E-state index is 0.750. The second-order valence-electron chi connectivity index (χ2n) is 4.82. The lowest BCUT2D eigenvalue weighted by molar-refractivity contribution is -0.106. The molecule has 0 unspecified atom stereocenters. The first-order valence-electron chi connectivity index (χ1n) is 7.27. The summed E-state index contributed by atoms with van der Waals surface area (Å²) in [5, 5.41) is 0. The molecule has 0 radical (unpaired) electrons. The Labute approximate surface area is 123 Å². The maximum atomic E-state index is 8.81. The first-order chi connectivity index (χ1) is 9.58. The van der Waals surface area contributed by atoms with Crippen LogP contribution < -0.4 is 10.6 Å². The maximum Gasteiger partial charge on any atom is 0.116 e. The summed E-state index contributed by atoms with van der Waals surface area (Å²) in [6.07, 6.45) is 2.00. The van der Waals surface area contributed by atoms with Crippen LogP contribution in [0.4, 0.5) is 11.4 Å². The largest absolute Gasteiger partial charge is 0.399 e. The Bertz CT molecular complexity index is 343. The number of anilines is 2. The molecule has 2 rings (SSSR count). The molecule has 0 spiro atoms. The first-order valence-corrected chi connectivity index (χ1v) is 7.27. The van der Waals surface area contributed by atoms with Gasteiger partial charge in [-0.05, 0) is 38.2 Å². The van der Waals surface area contributed by atoms with E-state index in [1.54, 1.807) is 0 Å². The number of piperazine rings is 1. The smallest absolute Gasteiger partial charge is 0.116 e. The number of nitrogen functional groups attached to an aromatic ring is 1. The SMILES string of the molecule is CC=O.CCC.CN1CCN(c2ccc(N)cc2)CC1. The highest BCUT2D eigenvalue weighted by molar-refractivity contribution is 5.53. The van der Waals surface area contributed by atoms with Crippen LogP contribution >= 0.6 is 0 Å². The molecule has 0 bridgehead atoms. The number of nitrogens with two attached hydrogens (primary N) is 1. The average molecular weight is 279 g/mol. The van der Waals surface area contributed by atoms with E-state index in [4.69, 9.17) is 10.5 Å². The number of hydrogen-bond acceptors (Lipinski definition) is 4. The molecule has 4 heteroatoms. The van der Waals surface area contributed by atoms with Gasteiger partial charge in [0.1, 0.15) is 6.29 Å². The maximum absolute atomic E-state index is 8.81. The van der Waals surface area contributed by atoms with Gasteiger partial charge in [0.25, 0.3) is 0 Å². The Balaban J connectivity index is 0.000000520. The topological polar surface area (TPSA) is 49.6 Å². The van der Waals surface area contributed by atoms with Gasteiger partial charge >= 0.3 is 0 Å². The van der Waals surface area contributed by atoms with E-state index < -0.39 is 0 Å². The number of hydrogen-bond donors (Lipinski definition) is 1. The summed E-state index contributed by atoms with van der Waals surface area (Å²) >= 11 is 0. The van der Waals surface area contributed by atoms with Gasteiger partial charge in [-0.1, -0.05) is 20.3 Å². The van der Waals surface area contributed by atoms with Crippen LogP contribution in [0.2, 0.25) is 0 Å². The van der Waals surface area contributed by atoms with Crippen LogP contribution in [-0.4, -0.2) is 44.4 Å². The summed E-state index contributed by atoms with van der Waals surface area (Å²) < 4.78 is 0. The third kappa shape index (κ3) is 7.79. The minimum Gasteiger partial charge on any atom is -0.399 e. The third-order valence-corrected chi connectivity index (χ3v) is 2.76. The second kappa shape index (κ2) is 11.3. The van der Waals surface area contributed by atoms with Crippen molar-refractivity contribution in [2.75, 3.05) is 43.9 Å². The van der Waals surface area contributed by atoms with E-state index in [0.717, 1.165) is 38.2 Å². The number of carbonyl (C=O) groups is 1. The Morgan fingerprint density at radius 2 is 1.50 bits per heavy atom. The molecule has 20 heavy (non-hydrogen) atoms. The minimum absolute atomic E-state index is 0.750. The van der Waals surface area contributed by atoms with E-state index in [-0.39, 0.29) is 0 Å². The molecule has 0 amide bonds. The highest BCUT2D eigenvalue weighted by Crippen LogP contribution is 2.17. The van der Waals surface area contributed by atoms with Gasteiger partial charge in [0.05, 0.1) is 0 Å². The zero-order valence-electron chi connectivity index (χ0n) is 13.3. The van der Waals surface area contributed by atoms with Gasteiger partial charge in [-0.2, -0.15) is 0 Å². The van der Waals surface area contributed by atoms with E-state index >= 15 is 0 Å². The molecule has 1 aromatic rings. The number of aldehydes is 1. The Morgan fingerprint density at radius 3 is 1.90 bits per heavy atom. The van der Waals surface area contributed by atoms with Crippen LogP contribution in [-0.2, 0) is 4.79 Å². The molecule has 0 aromatic heterocycles. The van der Waals surface area contributed by atoms with E-state index in [1.807, 2.05) is 12.1 Å². The van der Waals surface area contributed by atoms with Crippen molar-refractivity contribution in [1.29, 1.82) is 0 Å². The Kier molecular flexibility index (Phi) is 10.4. The summed E-state index contributed by atoms with van der Waals surface area (Å²) in [5.41, 5.74) is 7.77. The number of rotatable bonds is 1. The fourth-order valence-corrected chi connectivity index (χ4v) is 1.75. The van der Waals surface area contributed by atoms with Crippen LogP contribution in [0.25, 0.3) is 0 Å². The highest BCUT2D eigenvalue weighted by Gasteiger charge is 2.13. The average Bonchev–Trinajstić information content (AvgIpc) is 2.42. The molecule has 114 valence electrons. The lowest BCUT2D eigenvalue weighted by Gasteiger charge is -2.34. The Hall–Kier alpha value is -1.55. The highest BCUT2D eigenvalue weighted by atomic mass is 16.1. The van der Waals surface area contributed by atoms with Crippen LogP contribution in [0.1, 0.15) is 27.2 Å². The van der Waals surface area contributed by atoms with Crippen LogP contribution in [0.15, 0.2) is 24.3 Å². The molecule has 1 fully saturated rings. The second-order valence-corrected chi connectivity index (χ2v) is 4.82. The molecule has 4 nitrogen and oxygen atoms in total. The predicted octanol–water partition coefficient (Wildman–Crippen LogP) is 2.64. The molecular formula is C16H29N3O. The van der Waals surface area contributed by atoms with Gasteiger partial charge in [0.2, 0.25) is 0 Å². The van der Waals surface area contributed by atoms with E-state index in [1.165, 1.54) is 19.0 Å². The molecule has 2 N–H and O–H groups in total. The fraction of sp³-hybridized carbons (Fsp3) is 0.562. The molecule has 0 saturated carbocycles. The van der Waals surface area contributed by atoms with Crippen LogP contribution in [0, 0.1) is 0 Å². The van der Waals surface area contributed by atoms with Crippen molar-refractivity contribution >= 4 is 17.7 Å². The summed E-state index contributed by atoms with van der Waals surface area (Å²) in [4.78, 5) is 13.6. The number of likely N-dealkylation sites (N-methyl/N-ethyl adjacent to an activating group) is 1. The molecule has 1 aliphatic rings. The van der Waals surface area contributed by atoms with Crippen LogP contribution in [0.3, 0.4) is 0 Å². The molecule has 0 aliphatic carbocycles. The van der Waals surface area contributed by atoms with Crippen LogP contribution in [0.5, 0.6) is 0 Å². The molecule has 1 aliphatic heterocycles. The van der Waals surface area contributed by atoms with Crippen molar-refractivity contribution in [2.24, 2.45) is 0 Å². The fourth-order valence-electron chi connectivity index (χ4n) is 1.75. The van der Waals surface area contributed by atoms with Crippen molar-refractivity contribution in [3.8, 4) is 0 Å². The number of nitrogens with zero attached hydrogens (tertiary/aromatic N) is 2. The lowest BCUT2D eigenvalue weighted by Crippen LogP contribution is -2.44. The standard InChI is InChI=1S/C11H17N3.C3H8.C2H4O/c1-13-6-8-14(9-7-13)11-4-2-10(12)3-5-11;1-3-2;1-2-3/h2-5H,6-9,12H2,1H3;3H2,1-2H3;2H,1H3. The monoisotopic (exact) mass is 279 g/mol. The van der Waals surface area contributed by atoms with E-state index in [0.29, 0.717) is 0 Å². The summed E-state index contributed by atoms with van der Waals surface area (Å²) in [5.74, 6) is 0. The molecule has 1 saturated heterocycles. The van der Waals surface area contributed by atoms with Gasteiger partial charge in [-0.25, -0.2) is 0 Å². The summed E-state index contributed by atoms with van der Waals surface area (Å²) in [6, 6.07) is 8.13. The van der Waals surface area contributed by atoms with E-state index in [9.17, 15) is 0 Å². The van der Waals surface area contributed by atoms with Crippen molar-refractivity contribution in [1.82, 2.24) is 4.90 Å². The zero-order valence-corrected chi connectivity index (χ0v) is 13.3. The van der Waals surface area contributed by atoms with E-state index in [2.05, 4.69) is 42.8 Å². The molecule has 1 heterocycles.